The number of carbonyl (C=O) groups is 2. The molecule has 6 rings (SSSR count). The van der Waals surface area contributed by atoms with Gasteiger partial charge in [-0.2, -0.15) is 0 Å². The predicted octanol–water partition coefficient (Wildman–Crippen LogP) is 8.46. The third-order valence-electron chi connectivity index (χ3n) is 8.94. The number of rotatable bonds is 6. The highest BCUT2D eigenvalue weighted by atomic mass is 16.5. The van der Waals surface area contributed by atoms with Crippen molar-refractivity contribution in [3.8, 4) is 5.75 Å². The standard InChI is InChI=1S/C38H41NO3/c1-25-11-13-27(14-12-25)24-42-29-17-15-28(16-18-29)34-35-30(19-37(2,3)21-32(35)40)39(23-26-9-7-6-8-10-26)31-20-38(4,5)22-33(41)36(31)34/h6-18,34H,19-24H2,1-5H3. The SMILES string of the molecule is Cc1ccc(COc2ccc(C3C4=C(CC(C)(C)CC4=O)N(Cc4ccccc4)C4=C3C(=O)CC(C)(C)C4)cc2)cc1. The van der Waals surface area contributed by atoms with E-state index in [-0.39, 0.29) is 28.3 Å². The van der Waals surface area contributed by atoms with Crippen molar-refractivity contribution in [2.45, 2.75) is 79.4 Å². The lowest BCUT2D eigenvalue weighted by Crippen LogP contribution is -2.44. The molecule has 4 nitrogen and oxygen atoms in total. The normalized spacial score (nSPS) is 20.0. The second-order valence-corrected chi connectivity index (χ2v) is 14.0. The van der Waals surface area contributed by atoms with Crippen LogP contribution in [0.3, 0.4) is 0 Å². The van der Waals surface area contributed by atoms with Crippen molar-refractivity contribution in [1.29, 1.82) is 0 Å². The number of hydrogen-bond donors (Lipinski definition) is 0. The Balaban J connectivity index is 1.42. The average Bonchev–Trinajstić information content (AvgIpc) is 2.93. The predicted molar refractivity (Wildman–Crippen MR) is 167 cm³/mol. The molecule has 0 N–H and O–H groups in total. The molecule has 0 atom stereocenters. The van der Waals surface area contributed by atoms with Gasteiger partial charge in [-0.25, -0.2) is 0 Å². The van der Waals surface area contributed by atoms with Gasteiger partial charge in [-0.3, -0.25) is 9.59 Å². The summed E-state index contributed by atoms with van der Waals surface area (Å²) in [6, 6.07) is 26.8. The quantitative estimate of drug-likeness (QED) is 0.304. The van der Waals surface area contributed by atoms with E-state index in [0.29, 0.717) is 26.0 Å². The van der Waals surface area contributed by atoms with Gasteiger partial charge < -0.3 is 9.64 Å². The summed E-state index contributed by atoms with van der Waals surface area (Å²) < 4.78 is 6.10. The zero-order chi connectivity index (χ0) is 29.6. The third-order valence-corrected chi connectivity index (χ3v) is 8.94. The molecule has 0 bridgehead atoms. The molecular weight excluding hydrogens is 518 g/mol. The van der Waals surface area contributed by atoms with Gasteiger partial charge in [0.1, 0.15) is 12.4 Å². The summed E-state index contributed by atoms with van der Waals surface area (Å²) in [5.74, 6) is 0.748. The molecule has 0 radical (unpaired) electrons. The van der Waals surface area contributed by atoms with Gasteiger partial charge in [0.05, 0.1) is 0 Å². The lowest BCUT2D eigenvalue weighted by atomic mass is 9.63. The molecule has 0 saturated heterocycles. The van der Waals surface area contributed by atoms with Gasteiger partial charge in [0, 0.05) is 47.8 Å². The van der Waals surface area contributed by atoms with Crippen molar-refractivity contribution in [1.82, 2.24) is 4.90 Å². The van der Waals surface area contributed by atoms with E-state index in [0.717, 1.165) is 52.3 Å². The molecule has 3 aromatic rings. The minimum Gasteiger partial charge on any atom is -0.489 e. The van der Waals surface area contributed by atoms with Crippen molar-refractivity contribution >= 4 is 11.6 Å². The van der Waals surface area contributed by atoms with Crippen molar-refractivity contribution in [3.63, 3.8) is 0 Å². The maximum absolute atomic E-state index is 14.0. The van der Waals surface area contributed by atoms with E-state index in [2.05, 4.69) is 100 Å². The highest BCUT2D eigenvalue weighted by Crippen LogP contribution is 2.54. The Hall–Kier alpha value is -3.92. The van der Waals surface area contributed by atoms with Crippen LogP contribution in [0.4, 0.5) is 0 Å². The van der Waals surface area contributed by atoms with Gasteiger partial charge in [0.2, 0.25) is 0 Å². The molecule has 0 aromatic heterocycles. The maximum atomic E-state index is 14.0. The zero-order valence-corrected chi connectivity index (χ0v) is 25.5. The van der Waals surface area contributed by atoms with Crippen LogP contribution in [0.2, 0.25) is 0 Å². The van der Waals surface area contributed by atoms with Crippen LogP contribution in [0.15, 0.2) is 101 Å². The molecule has 0 unspecified atom stereocenters. The van der Waals surface area contributed by atoms with Crippen molar-refractivity contribution in [2.24, 2.45) is 10.8 Å². The largest absolute Gasteiger partial charge is 0.489 e. The molecular formula is C38H41NO3. The Kier molecular flexibility index (Phi) is 7.21. The first-order chi connectivity index (χ1) is 20.0. The topological polar surface area (TPSA) is 46.6 Å². The number of benzene rings is 3. The van der Waals surface area contributed by atoms with Gasteiger partial charge >= 0.3 is 0 Å². The van der Waals surface area contributed by atoms with Gasteiger partial charge in [0.15, 0.2) is 11.6 Å². The fourth-order valence-electron chi connectivity index (χ4n) is 6.95. The Morgan fingerprint density at radius 2 is 1.24 bits per heavy atom. The Morgan fingerprint density at radius 3 is 1.79 bits per heavy atom. The average molecular weight is 560 g/mol. The number of hydrogen-bond acceptors (Lipinski definition) is 4. The highest BCUT2D eigenvalue weighted by molar-refractivity contribution is 6.06. The third kappa shape index (κ3) is 5.60. The Morgan fingerprint density at radius 1 is 0.690 bits per heavy atom. The number of nitrogens with zero attached hydrogens (tertiary/aromatic N) is 1. The van der Waals surface area contributed by atoms with Crippen LogP contribution in [-0.2, 0) is 22.7 Å². The van der Waals surface area contributed by atoms with E-state index in [4.69, 9.17) is 4.74 Å². The number of ketones is 2. The first-order valence-electron chi connectivity index (χ1n) is 15.1. The fraction of sp³-hybridized carbons (Fsp3) is 0.368. The Labute approximate surface area is 250 Å². The van der Waals surface area contributed by atoms with Crippen LogP contribution in [0.25, 0.3) is 0 Å². The number of aryl methyl sites for hydroxylation is 1. The van der Waals surface area contributed by atoms with E-state index >= 15 is 0 Å². The molecule has 2 aliphatic carbocycles. The molecule has 4 heteroatoms. The molecule has 0 saturated carbocycles. The van der Waals surface area contributed by atoms with Crippen molar-refractivity contribution in [3.05, 3.63) is 124 Å². The smallest absolute Gasteiger partial charge is 0.162 e. The van der Waals surface area contributed by atoms with E-state index in [1.165, 1.54) is 11.1 Å². The highest BCUT2D eigenvalue weighted by Gasteiger charge is 2.48. The lowest BCUT2D eigenvalue weighted by molar-refractivity contribution is -0.119. The van der Waals surface area contributed by atoms with Crippen molar-refractivity contribution < 1.29 is 14.3 Å². The second kappa shape index (κ2) is 10.7. The van der Waals surface area contributed by atoms with Crippen LogP contribution in [-0.4, -0.2) is 16.5 Å². The molecule has 0 spiro atoms. The molecule has 1 aliphatic heterocycles. The van der Waals surface area contributed by atoms with E-state index in [1.54, 1.807) is 0 Å². The van der Waals surface area contributed by atoms with Crippen LogP contribution in [0.5, 0.6) is 5.75 Å². The number of ether oxygens (including phenoxy) is 1. The van der Waals surface area contributed by atoms with Crippen molar-refractivity contribution in [2.75, 3.05) is 0 Å². The summed E-state index contributed by atoms with van der Waals surface area (Å²) in [7, 11) is 0. The number of carbonyl (C=O) groups excluding carboxylic acids is 2. The van der Waals surface area contributed by atoms with Gasteiger partial charge in [-0.1, -0.05) is 100.0 Å². The van der Waals surface area contributed by atoms with Crippen LogP contribution in [0, 0.1) is 17.8 Å². The summed E-state index contributed by atoms with van der Waals surface area (Å²) in [4.78, 5) is 30.4. The van der Waals surface area contributed by atoms with Gasteiger partial charge in [-0.05, 0) is 59.4 Å². The molecule has 3 aromatic carbocycles. The summed E-state index contributed by atoms with van der Waals surface area (Å²) in [6.07, 6.45) is 2.59. The first kappa shape index (κ1) is 28.2. The molecule has 42 heavy (non-hydrogen) atoms. The van der Waals surface area contributed by atoms with Gasteiger partial charge in [-0.15, -0.1) is 0 Å². The van der Waals surface area contributed by atoms with E-state index in [1.807, 2.05) is 18.2 Å². The summed E-state index contributed by atoms with van der Waals surface area (Å²) >= 11 is 0. The first-order valence-corrected chi connectivity index (χ1v) is 15.1. The molecule has 3 aliphatic rings. The zero-order valence-electron chi connectivity index (χ0n) is 25.5. The maximum Gasteiger partial charge on any atom is 0.162 e. The summed E-state index contributed by atoms with van der Waals surface area (Å²) in [6.45, 7) is 12.0. The van der Waals surface area contributed by atoms with E-state index in [9.17, 15) is 9.59 Å². The van der Waals surface area contributed by atoms with Crippen LogP contribution < -0.4 is 4.74 Å². The second-order valence-electron chi connectivity index (χ2n) is 14.0. The monoisotopic (exact) mass is 559 g/mol. The summed E-state index contributed by atoms with van der Waals surface area (Å²) in [5, 5.41) is 0. The lowest BCUT2D eigenvalue weighted by Gasteiger charge is -2.49. The molecule has 1 heterocycles. The Bertz CT molecular complexity index is 1520. The molecule has 216 valence electrons. The van der Waals surface area contributed by atoms with Crippen LogP contribution >= 0.6 is 0 Å². The fourth-order valence-corrected chi connectivity index (χ4v) is 6.95. The molecule has 0 fully saturated rings. The van der Waals surface area contributed by atoms with Gasteiger partial charge in [0.25, 0.3) is 0 Å². The minimum absolute atomic E-state index is 0.144. The minimum atomic E-state index is -0.347. The number of Topliss-reactive ketones (excluding diaryl/α,β-unsaturated/α-hetero) is 2. The van der Waals surface area contributed by atoms with E-state index < -0.39 is 0 Å². The summed E-state index contributed by atoms with van der Waals surface area (Å²) in [5.41, 5.74) is 8.02. The number of allylic oxidation sites excluding steroid dienone is 4. The molecule has 0 amide bonds. The van der Waals surface area contributed by atoms with Crippen LogP contribution in [0.1, 0.15) is 81.5 Å².